The summed E-state index contributed by atoms with van der Waals surface area (Å²) in [6, 6.07) is 13.6. The Balaban J connectivity index is 2.95. The summed E-state index contributed by atoms with van der Waals surface area (Å²) in [4.78, 5) is 12.1. The van der Waals surface area contributed by atoms with Gasteiger partial charge in [-0.3, -0.25) is 4.79 Å². The van der Waals surface area contributed by atoms with E-state index in [0.717, 1.165) is 31.0 Å². The molecule has 0 N–H and O–H groups in total. The first kappa shape index (κ1) is 30.2. The quantitative estimate of drug-likeness (QED) is 0.174. The summed E-state index contributed by atoms with van der Waals surface area (Å²) in [7, 11) is -3.79. The molecule has 190 valence electrons. The van der Waals surface area contributed by atoms with Crippen LogP contribution in [0, 0.1) is 0 Å². The summed E-state index contributed by atoms with van der Waals surface area (Å²) in [5, 5.41) is 0.103. The fourth-order valence-corrected chi connectivity index (χ4v) is 8.23. The maximum atomic E-state index is 12.1. The van der Waals surface area contributed by atoms with E-state index in [9.17, 15) is 4.79 Å². The topological polar surface area (TPSA) is 44.8 Å². The maximum Gasteiger partial charge on any atom is 0.192 e. The number of Topliss-reactive ketones (excluding diaryl/α,β-unsaturated/α-hetero) is 1. The van der Waals surface area contributed by atoms with Gasteiger partial charge in [-0.1, -0.05) is 71.9 Å². The number of hydrogen-bond donors (Lipinski definition) is 0. The van der Waals surface area contributed by atoms with E-state index in [2.05, 4.69) is 66.8 Å². The van der Waals surface area contributed by atoms with Crippen molar-refractivity contribution in [3.05, 3.63) is 35.9 Å². The number of ether oxygens (including phenoxy) is 1. The van der Waals surface area contributed by atoms with Gasteiger partial charge in [0.05, 0.1) is 12.7 Å². The molecule has 4 nitrogen and oxygen atoms in total. The largest absolute Gasteiger partial charge is 0.414 e. The van der Waals surface area contributed by atoms with Crippen LogP contribution < -0.4 is 0 Å². The van der Waals surface area contributed by atoms with Gasteiger partial charge in [0.2, 0.25) is 0 Å². The monoisotopic (exact) mass is 494 g/mol. The molecule has 0 radical (unpaired) electrons. The zero-order valence-electron chi connectivity index (χ0n) is 22.8. The molecule has 1 aromatic rings. The average molecular weight is 495 g/mol. The van der Waals surface area contributed by atoms with Crippen molar-refractivity contribution in [1.82, 2.24) is 0 Å². The molecule has 2 atom stereocenters. The molecule has 0 saturated carbocycles. The predicted octanol–water partition coefficient (Wildman–Crippen LogP) is 7.74. The fourth-order valence-electron chi connectivity index (χ4n) is 3.94. The van der Waals surface area contributed by atoms with Gasteiger partial charge in [0.1, 0.15) is 5.78 Å². The number of carbonyl (C=O) groups excluding carboxylic acids is 1. The smallest absolute Gasteiger partial charge is 0.192 e. The Hall–Kier alpha value is -0.796. The zero-order chi connectivity index (χ0) is 25.1. The molecule has 1 rings (SSSR count). The molecule has 0 fully saturated rings. The van der Waals surface area contributed by atoms with Crippen molar-refractivity contribution in [2.45, 2.75) is 123 Å². The highest BCUT2D eigenvalue weighted by atomic mass is 28.4. The Morgan fingerprint density at radius 2 is 1.52 bits per heavy atom. The second-order valence-electron chi connectivity index (χ2n) is 11.0. The molecular weight excluding hydrogens is 444 g/mol. The third-order valence-corrected chi connectivity index (χ3v) is 16.6. The zero-order valence-corrected chi connectivity index (χ0v) is 24.8. The van der Waals surface area contributed by atoms with Crippen molar-refractivity contribution in [3.63, 3.8) is 0 Å². The van der Waals surface area contributed by atoms with Crippen LogP contribution >= 0.6 is 0 Å². The van der Waals surface area contributed by atoms with Crippen LogP contribution in [-0.4, -0.2) is 41.2 Å². The molecular formula is C27H50O4Si2. The van der Waals surface area contributed by atoms with Crippen molar-refractivity contribution < 1.29 is 18.4 Å². The van der Waals surface area contributed by atoms with Crippen molar-refractivity contribution in [1.29, 1.82) is 0 Å². The first-order valence-electron chi connectivity index (χ1n) is 12.8. The lowest BCUT2D eigenvalue weighted by molar-refractivity contribution is -0.119. The number of benzene rings is 1. The Morgan fingerprint density at radius 3 is 2.00 bits per heavy atom. The Morgan fingerprint density at radius 1 is 0.939 bits per heavy atom. The van der Waals surface area contributed by atoms with E-state index in [-0.39, 0.29) is 23.0 Å². The van der Waals surface area contributed by atoms with Crippen molar-refractivity contribution in [2.24, 2.45) is 0 Å². The van der Waals surface area contributed by atoms with Crippen LogP contribution in [0.1, 0.15) is 73.3 Å². The van der Waals surface area contributed by atoms with Gasteiger partial charge in [-0.05, 0) is 61.6 Å². The van der Waals surface area contributed by atoms with Gasteiger partial charge in [0.25, 0.3) is 0 Å². The second-order valence-corrected chi connectivity index (χ2v) is 20.4. The van der Waals surface area contributed by atoms with Gasteiger partial charge in [0, 0.05) is 19.1 Å². The fraction of sp³-hybridized carbons (Fsp3) is 0.741. The average Bonchev–Trinajstić information content (AvgIpc) is 2.74. The van der Waals surface area contributed by atoms with E-state index in [4.69, 9.17) is 13.6 Å². The van der Waals surface area contributed by atoms with E-state index >= 15 is 0 Å². The molecule has 0 heterocycles. The van der Waals surface area contributed by atoms with E-state index < -0.39 is 16.6 Å². The number of hydrogen-bond acceptors (Lipinski definition) is 4. The summed E-state index contributed by atoms with van der Waals surface area (Å²) in [5.41, 5.74) is 1.19. The lowest BCUT2D eigenvalue weighted by Gasteiger charge is -2.41. The first-order chi connectivity index (χ1) is 15.4. The third kappa shape index (κ3) is 10.6. The summed E-state index contributed by atoms with van der Waals surface area (Å²) in [6.07, 6.45) is 2.00. The van der Waals surface area contributed by atoms with Crippen LogP contribution in [-0.2, 0) is 25.0 Å². The Kier molecular flexibility index (Phi) is 12.8. The van der Waals surface area contributed by atoms with Crippen LogP contribution in [0.25, 0.3) is 0 Å². The molecule has 0 aromatic heterocycles. The summed E-state index contributed by atoms with van der Waals surface area (Å²) in [6.45, 7) is 21.0. The number of carbonyl (C=O) groups is 1. The molecule has 0 bridgehead atoms. The molecule has 6 heteroatoms. The molecule has 0 aliphatic heterocycles. The summed E-state index contributed by atoms with van der Waals surface area (Å²) in [5.74, 6) is 0.183. The maximum absolute atomic E-state index is 12.1. The lowest BCUT2D eigenvalue weighted by atomic mass is 10.1. The lowest BCUT2D eigenvalue weighted by Crippen LogP contribution is -2.46. The van der Waals surface area contributed by atoms with Gasteiger partial charge in [-0.25, -0.2) is 0 Å². The highest BCUT2D eigenvalue weighted by Gasteiger charge is 2.40. The summed E-state index contributed by atoms with van der Waals surface area (Å²) >= 11 is 0. The highest BCUT2D eigenvalue weighted by molar-refractivity contribution is 6.74. The Labute approximate surface area is 206 Å². The van der Waals surface area contributed by atoms with E-state index in [1.54, 1.807) is 6.92 Å². The normalized spacial score (nSPS) is 14.8. The summed E-state index contributed by atoms with van der Waals surface area (Å²) < 4.78 is 19.7. The van der Waals surface area contributed by atoms with Gasteiger partial charge < -0.3 is 13.6 Å². The van der Waals surface area contributed by atoms with Crippen molar-refractivity contribution in [3.8, 4) is 0 Å². The highest BCUT2D eigenvalue weighted by Crippen LogP contribution is 2.38. The van der Waals surface area contributed by atoms with Crippen molar-refractivity contribution >= 4 is 22.4 Å². The first-order valence-corrected chi connectivity index (χ1v) is 18.3. The Bertz CT molecular complexity index is 673. The third-order valence-electron chi connectivity index (χ3n) is 7.35. The van der Waals surface area contributed by atoms with Crippen LogP contribution in [0.4, 0.5) is 0 Å². The van der Waals surface area contributed by atoms with Crippen LogP contribution in [0.3, 0.4) is 0 Å². The van der Waals surface area contributed by atoms with Crippen LogP contribution in [0.5, 0.6) is 0 Å². The predicted molar refractivity (Wildman–Crippen MR) is 145 cm³/mol. The van der Waals surface area contributed by atoms with Gasteiger partial charge >= 0.3 is 0 Å². The molecule has 33 heavy (non-hydrogen) atoms. The van der Waals surface area contributed by atoms with Gasteiger partial charge in [0.15, 0.2) is 16.6 Å². The molecule has 0 spiro atoms. The van der Waals surface area contributed by atoms with Crippen molar-refractivity contribution in [2.75, 3.05) is 6.61 Å². The van der Waals surface area contributed by atoms with E-state index in [1.807, 2.05) is 18.2 Å². The molecule has 0 unspecified atom stereocenters. The standard InChI is InChI=1S/C27H50O4Si2/c1-10-33(11-2,12-3)31-25(18-19-29-22-24-16-14-13-15-17-24)21-26(20-23(4)28)30-32(8,9)27(5,6)7/h13-17,25-26H,10-12,18-22H2,1-9H3/t25-,26+/m0/s1. The molecule has 0 amide bonds. The molecule has 1 aromatic carbocycles. The number of ketones is 1. The minimum absolute atomic E-state index is 0.0569. The molecule has 0 aliphatic rings. The molecule has 0 saturated heterocycles. The van der Waals surface area contributed by atoms with Crippen LogP contribution in [0.2, 0.25) is 36.3 Å². The van der Waals surface area contributed by atoms with E-state index in [0.29, 0.717) is 19.6 Å². The molecule has 0 aliphatic carbocycles. The minimum Gasteiger partial charge on any atom is -0.414 e. The minimum atomic E-state index is -2.00. The van der Waals surface area contributed by atoms with Gasteiger partial charge in [-0.2, -0.15) is 0 Å². The van der Waals surface area contributed by atoms with E-state index in [1.165, 1.54) is 5.56 Å². The SMILES string of the molecule is CC[Si](CC)(CC)O[C@@H](CCOCc1ccccc1)C[C@@H](CC(C)=O)O[Si](C)(C)C(C)(C)C. The van der Waals surface area contributed by atoms with Crippen LogP contribution in [0.15, 0.2) is 30.3 Å². The second kappa shape index (κ2) is 13.9. The number of rotatable bonds is 16. The van der Waals surface area contributed by atoms with Gasteiger partial charge in [-0.15, -0.1) is 0 Å².